The number of hydrogen-bond acceptors (Lipinski definition) is 2. The third-order valence-electron chi connectivity index (χ3n) is 2.52. The molecule has 0 aromatic heterocycles. The van der Waals surface area contributed by atoms with Gasteiger partial charge in [0.25, 0.3) is 0 Å². The van der Waals surface area contributed by atoms with Gasteiger partial charge in [0.05, 0.1) is 5.60 Å². The van der Waals surface area contributed by atoms with Gasteiger partial charge in [-0.2, -0.15) is 0 Å². The normalized spacial score (nSPS) is 19.5. The van der Waals surface area contributed by atoms with E-state index in [2.05, 4.69) is 30.4 Å². The van der Waals surface area contributed by atoms with Crippen LogP contribution in [0.1, 0.15) is 11.1 Å². The van der Waals surface area contributed by atoms with Crippen LogP contribution < -0.4 is 5.32 Å². The van der Waals surface area contributed by atoms with Crippen LogP contribution in [0.4, 0.5) is 0 Å². The second kappa shape index (κ2) is 3.13. The van der Waals surface area contributed by atoms with Gasteiger partial charge in [-0.1, -0.05) is 29.8 Å². The lowest BCUT2D eigenvalue weighted by atomic mass is 9.89. The molecular weight excluding hydrogens is 162 g/mol. The predicted molar refractivity (Wildman–Crippen MR) is 52.7 cm³/mol. The van der Waals surface area contributed by atoms with Gasteiger partial charge in [0.1, 0.15) is 0 Å². The van der Waals surface area contributed by atoms with E-state index in [1.807, 2.05) is 6.07 Å². The largest absolute Gasteiger partial charge is 0.387 e. The van der Waals surface area contributed by atoms with Crippen molar-refractivity contribution in [3.05, 3.63) is 35.4 Å². The topological polar surface area (TPSA) is 32.3 Å². The Morgan fingerprint density at radius 2 is 2.23 bits per heavy atom. The van der Waals surface area contributed by atoms with Crippen molar-refractivity contribution in [3.8, 4) is 0 Å². The zero-order chi connectivity index (χ0) is 9.31. The summed E-state index contributed by atoms with van der Waals surface area (Å²) in [5.41, 5.74) is 1.99. The SMILES string of the molecule is Cc1cccc(CC2(O)CNC2)c1. The molecule has 0 amide bonds. The zero-order valence-electron chi connectivity index (χ0n) is 7.88. The third-order valence-corrected chi connectivity index (χ3v) is 2.52. The molecule has 2 N–H and O–H groups in total. The molecule has 2 heteroatoms. The van der Waals surface area contributed by atoms with E-state index >= 15 is 0 Å². The van der Waals surface area contributed by atoms with Crippen molar-refractivity contribution in [1.82, 2.24) is 5.32 Å². The van der Waals surface area contributed by atoms with Crippen LogP contribution in [0.5, 0.6) is 0 Å². The molecule has 1 fully saturated rings. The number of rotatable bonds is 2. The third kappa shape index (κ3) is 1.90. The first-order valence-electron chi connectivity index (χ1n) is 4.67. The molecule has 0 spiro atoms. The van der Waals surface area contributed by atoms with E-state index in [1.54, 1.807) is 0 Å². The molecule has 0 radical (unpaired) electrons. The first-order chi connectivity index (χ1) is 6.18. The number of aliphatic hydroxyl groups is 1. The summed E-state index contributed by atoms with van der Waals surface area (Å²) in [5.74, 6) is 0. The summed E-state index contributed by atoms with van der Waals surface area (Å²) in [6.07, 6.45) is 0.766. The van der Waals surface area contributed by atoms with Gasteiger partial charge in [0.2, 0.25) is 0 Å². The minimum atomic E-state index is -0.492. The van der Waals surface area contributed by atoms with Gasteiger partial charge < -0.3 is 10.4 Å². The number of nitrogens with one attached hydrogen (secondary N) is 1. The Kier molecular flexibility index (Phi) is 2.10. The lowest BCUT2D eigenvalue weighted by molar-refractivity contribution is -0.00902. The van der Waals surface area contributed by atoms with Crippen LogP contribution in [0.2, 0.25) is 0 Å². The maximum atomic E-state index is 9.89. The van der Waals surface area contributed by atoms with Gasteiger partial charge in [-0.3, -0.25) is 0 Å². The molecule has 0 atom stereocenters. The van der Waals surface area contributed by atoms with Gasteiger partial charge in [-0.15, -0.1) is 0 Å². The van der Waals surface area contributed by atoms with Gasteiger partial charge in [-0.25, -0.2) is 0 Å². The lowest BCUT2D eigenvalue weighted by Gasteiger charge is -2.37. The van der Waals surface area contributed by atoms with Crippen LogP contribution in [0.25, 0.3) is 0 Å². The Balaban J connectivity index is 2.09. The summed E-state index contributed by atoms with van der Waals surface area (Å²) in [5, 5.41) is 13.0. The summed E-state index contributed by atoms with van der Waals surface area (Å²) in [6.45, 7) is 3.52. The molecule has 13 heavy (non-hydrogen) atoms. The van der Waals surface area contributed by atoms with Crippen molar-refractivity contribution in [2.45, 2.75) is 18.9 Å². The van der Waals surface area contributed by atoms with Crippen LogP contribution in [0, 0.1) is 6.92 Å². The molecule has 2 rings (SSSR count). The quantitative estimate of drug-likeness (QED) is 0.702. The van der Waals surface area contributed by atoms with Crippen molar-refractivity contribution in [3.63, 3.8) is 0 Å². The summed E-state index contributed by atoms with van der Waals surface area (Å²) in [6, 6.07) is 8.33. The fourth-order valence-electron chi connectivity index (χ4n) is 1.74. The highest BCUT2D eigenvalue weighted by atomic mass is 16.3. The van der Waals surface area contributed by atoms with Crippen LogP contribution in [-0.4, -0.2) is 23.8 Å². The van der Waals surface area contributed by atoms with Crippen LogP contribution in [0.15, 0.2) is 24.3 Å². The molecule has 1 aromatic carbocycles. The summed E-state index contributed by atoms with van der Waals surface area (Å²) in [4.78, 5) is 0. The molecule has 0 unspecified atom stereocenters. The molecule has 1 aromatic rings. The Bertz CT molecular complexity index is 305. The maximum Gasteiger partial charge on any atom is 0.0935 e. The fourth-order valence-corrected chi connectivity index (χ4v) is 1.74. The molecular formula is C11H15NO. The van der Waals surface area contributed by atoms with Crippen LogP contribution >= 0.6 is 0 Å². The fraction of sp³-hybridized carbons (Fsp3) is 0.455. The highest BCUT2D eigenvalue weighted by Gasteiger charge is 2.33. The Morgan fingerprint density at radius 1 is 1.46 bits per heavy atom. The number of aryl methyl sites for hydroxylation is 1. The van der Waals surface area contributed by atoms with Gasteiger partial charge in [0, 0.05) is 19.5 Å². The van der Waals surface area contributed by atoms with Gasteiger partial charge in [-0.05, 0) is 12.5 Å². The smallest absolute Gasteiger partial charge is 0.0935 e. The molecule has 0 aliphatic carbocycles. The summed E-state index contributed by atoms with van der Waals surface area (Å²) in [7, 11) is 0. The molecule has 0 saturated carbocycles. The van der Waals surface area contributed by atoms with Crippen LogP contribution in [-0.2, 0) is 6.42 Å². The highest BCUT2D eigenvalue weighted by Crippen LogP contribution is 2.18. The highest BCUT2D eigenvalue weighted by molar-refractivity contribution is 5.24. The minimum Gasteiger partial charge on any atom is -0.387 e. The second-order valence-corrected chi connectivity index (χ2v) is 3.99. The molecule has 70 valence electrons. The number of hydrogen-bond donors (Lipinski definition) is 2. The zero-order valence-corrected chi connectivity index (χ0v) is 7.88. The number of β-amino-alcohol motifs (C(OH)–C–C–N with tert-alkyl or cyclic N) is 1. The van der Waals surface area contributed by atoms with Crippen molar-refractivity contribution in [2.75, 3.05) is 13.1 Å². The number of benzene rings is 1. The monoisotopic (exact) mass is 177 g/mol. The molecule has 1 aliphatic heterocycles. The van der Waals surface area contributed by atoms with E-state index in [0.29, 0.717) is 0 Å². The first-order valence-corrected chi connectivity index (χ1v) is 4.67. The standard InChI is InChI=1S/C11H15NO/c1-9-3-2-4-10(5-9)6-11(13)7-12-8-11/h2-5,12-13H,6-8H2,1H3. The Labute approximate surface area is 78.6 Å². The Hall–Kier alpha value is -0.860. The molecule has 1 heterocycles. The average molecular weight is 177 g/mol. The average Bonchev–Trinajstić information content (AvgIpc) is 2.01. The summed E-state index contributed by atoms with van der Waals surface area (Å²) >= 11 is 0. The molecule has 0 bridgehead atoms. The lowest BCUT2D eigenvalue weighted by Crippen LogP contribution is -2.60. The van der Waals surface area contributed by atoms with E-state index in [1.165, 1.54) is 11.1 Å². The van der Waals surface area contributed by atoms with Crippen molar-refractivity contribution < 1.29 is 5.11 Å². The van der Waals surface area contributed by atoms with E-state index < -0.39 is 5.60 Å². The summed E-state index contributed by atoms with van der Waals surface area (Å²) < 4.78 is 0. The first kappa shape index (κ1) is 8.73. The van der Waals surface area contributed by atoms with Crippen molar-refractivity contribution in [2.24, 2.45) is 0 Å². The van der Waals surface area contributed by atoms with Crippen LogP contribution in [0.3, 0.4) is 0 Å². The molecule has 1 aliphatic rings. The molecule has 1 saturated heterocycles. The van der Waals surface area contributed by atoms with E-state index in [-0.39, 0.29) is 0 Å². The van der Waals surface area contributed by atoms with E-state index in [4.69, 9.17) is 0 Å². The van der Waals surface area contributed by atoms with E-state index in [9.17, 15) is 5.11 Å². The van der Waals surface area contributed by atoms with Gasteiger partial charge in [0.15, 0.2) is 0 Å². The van der Waals surface area contributed by atoms with Gasteiger partial charge >= 0.3 is 0 Å². The second-order valence-electron chi connectivity index (χ2n) is 3.99. The van der Waals surface area contributed by atoms with Crippen molar-refractivity contribution in [1.29, 1.82) is 0 Å². The van der Waals surface area contributed by atoms with Crippen molar-refractivity contribution >= 4 is 0 Å². The Morgan fingerprint density at radius 3 is 2.77 bits per heavy atom. The van der Waals surface area contributed by atoms with E-state index in [0.717, 1.165) is 19.5 Å². The molecule has 2 nitrogen and oxygen atoms in total. The maximum absolute atomic E-state index is 9.89. The predicted octanol–water partition coefficient (Wildman–Crippen LogP) is 0.872. The minimum absolute atomic E-state index is 0.492.